The van der Waals surface area contributed by atoms with Crippen molar-refractivity contribution in [2.75, 3.05) is 11.9 Å². The quantitative estimate of drug-likeness (QED) is 0.435. The second kappa shape index (κ2) is 9.53. The molecule has 1 fully saturated rings. The standard InChI is InChI=1S/C21H17ClF2N2O4.ClH/c22-14-9-15(13-2-1-7-25-18(13)19(14)27)26-20(28)12-5-6-16(30-21(23)24)17(8-12)29-10-11-3-4-11;/h1-2,5-9,11,21,27H,3-4,10H2,(H,26,28);1H. The fourth-order valence-corrected chi connectivity index (χ4v) is 3.14. The van der Waals surface area contributed by atoms with Crippen LogP contribution < -0.4 is 14.8 Å². The monoisotopic (exact) mass is 470 g/mol. The summed E-state index contributed by atoms with van der Waals surface area (Å²) in [7, 11) is 0. The Morgan fingerprint density at radius 2 is 2.03 bits per heavy atom. The van der Waals surface area contributed by atoms with Crippen LogP contribution in [0.3, 0.4) is 0 Å². The number of anilines is 1. The molecule has 1 aliphatic carbocycles. The van der Waals surface area contributed by atoms with E-state index >= 15 is 0 Å². The van der Waals surface area contributed by atoms with Crippen molar-refractivity contribution >= 4 is 46.5 Å². The molecule has 1 heterocycles. The summed E-state index contributed by atoms with van der Waals surface area (Å²) in [5.41, 5.74) is 0.775. The summed E-state index contributed by atoms with van der Waals surface area (Å²) in [5, 5.41) is 13.3. The lowest BCUT2D eigenvalue weighted by molar-refractivity contribution is -0.0515. The molecular formula is C21H18Cl2F2N2O4. The molecule has 31 heavy (non-hydrogen) atoms. The van der Waals surface area contributed by atoms with E-state index in [0.29, 0.717) is 23.6 Å². The maximum Gasteiger partial charge on any atom is 0.387 e. The second-order valence-electron chi connectivity index (χ2n) is 6.90. The Bertz CT molecular complexity index is 1110. The molecule has 2 aromatic carbocycles. The molecule has 1 amide bonds. The molecule has 2 N–H and O–H groups in total. The SMILES string of the molecule is Cl.O=C(Nc1cc(Cl)c(O)c2ncccc12)c1ccc(OC(F)F)c(OCC2CC2)c1. The highest BCUT2D eigenvalue weighted by molar-refractivity contribution is 6.34. The van der Waals surface area contributed by atoms with Gasteiger partial charge in [0.25, 0.3) is 5.91 Å². The number of phenolic OH excluding ortho intramolecular Hbond substituents is 1. The molecule has 0 saturated heterocycles. The van der Waals surface area contributed by atoms with Crippen LogP contribution in [-0.2, 0) is 0 Å². The smallest absolute Gasteiger partial charge is 0.387 e. The summed E-state index contributed by atoms with van der Waals surface area (Å²) >= 11 is 6.04. The van der Waals surface area contributed by atoms with Crippen LogP contribution >= 0.6 is 24.0 Å². The Kier molecular flexibility index (Phi) is 7.02. The number of alkyl halides is 2. The number of benzene rings is 2. The topological polar surface area (TPSA) is 80.7 Å². The maximum atomic E-state index is 12.8. The van der Waals surface area contributed by atoms with E-state index in [0.717, 1.165) is 12.8 Å². The van der Waals surface area contributed by atoms with Crippen LogP contribution in [0.25, 0.3) is 10.9 Å². The minimum absolute atomic E-state index is 0. The molecule has 3 aromatic rings. The van der Waals surface area contributed by atoms with Crippen molar-refractivity contribution in [2.24, 2.45) is 5.92 Å². The molecule has 1 aromatic heterocycles. The number of ether oxygens (including phenoxy) is 2. The van der Waals surface area contributed by atoms with Gasteiger partial charge in [-0.25, -0.2) is 0 Å². The summed E-state index contributed by atoms with van der Waals surface area (Å²) < 4.78 is 35.5. The Balaban J connectivity index is 0.00000272. The van der Waals surface area contributed by atoms with Crippen LogP contribution in [0.1, 0.15) is 23.2 Å². The Morgan fingerprint density at radius 1 is 1.26 bits per heavy atom. The van der Waals surface area contributed by atoms with Crippen molar-refractivity contribution in [1.82, 2.24) is 4.98 Å². The van der Waals surface area contributed by atoms with Gasteiger partial charge in [0.15, 0.2) is 17.2 Å². The first-order valence-electron chi connectivity index (χ1n) is 9.21. The van der Waals surface area contributed by atoms with Crippen molar-refractivity contribution in [2.45, 2.75) is 19.5 Å². The normalized spacial score (nSPS) is 13.0. The summed E-state index contributed by atoms with van der Waals surface area (Å²) in [6.07, 6.45) is 3.54. The predicted molar refractivity (Wildman–Crippen MR) is 115 cm³/mol. The molecule has 164 valence electrons. The largest absolute Gasteiger partial charge is 0.504 e. The molecule has 0 spiro atoms. The third-order valence-electron chi connectivity index (χ3n) is 4.66. The predicted octanol–water partition coefficient (Wildman–Crippen LogP) is 5.66. The minimum Gasteiger partial charge on any atom is -0.504 e. The Morgan fingerprint density at radius 3 is 2.74 bits per heavy atom. The van der Waals surface area contributed by atoms with Crippen molar-refractivity contribution in [3.8, 4) is 17.2 Å². The van der Waals surface area contributed by atoms with E-state index < -0.39 is 12.5 Å². The number of aromatic nitrogens is 1. The van der Waals surface area contributed by atoms with Crippen LogP contribution in [-0.4, -0.2) is 29.2 Å². The fraction of sp³-hybridized carbons (Fsp3) is 0.238. The van der Waals surface area contributed by atoms with Crippen molar-refractivity contribution in [1.29, 1.82) is 0 Å². The summed E-state index contributed by atoms with van der Waals surface area (Å²) in [6, 6.07) is 8.74. The lowest BCUT2D eigenvalue weighted by Crippen LogP contribution is -2.13. The molecule has 0 bridgehead atoms. The van der Waals surface area contributed by atoms with Gasteiger partial charge >= 0.3 is 6.61 Å². The van der Waals surface area contributed by atoms with Gasteiger partial charge in [-0.3, -0.25) is 9.78 Å². The van der Waals surface area contributed by atoms with Gasteiger partial charge in [0.05, 0.1) is 17.3 Å². The molecule has 10 heteroatoms. The van der Waals surface area contributed by atoms with Crippen LogP contribution in [0.5, 0.6) is 17.2 Å². The molecular weight excluding hydrogens is 453 g/mol. The number of aromatic hydroxyl groups is 1. The molecule has 0 unspecified atom stereocenters. The summed E-state index contributed by atoms with van der Waals surface area (Å²) in [5.74, 6) is -0.370. The number of nitrogens with one attached hydrogen (secondary N) is 1. The summed E-state index contributed by atoms with van der Waals surface area (Å²) in [6.45, 7) is -2.64. The zero-order chi connectivity index (χ0) is 21.3. The minimum atomic E-state index is -3.01. The zero-order valence-electron chi connectivity index (χ0n) is 16.0. The van der Waals surface area contributed by atoms with Gasteiger partial charge in [-0.15, -0.1) is 12.4 Å². The highest BCUT2D eigenvalue weighted by atomic mass is 35.5. The van der Waals surface area contributed by atoms with E-state index in [1.807, 2.05) is 0 Å². The fourth-order valence-electron chi connectivity index (χ4n) is 2.94. The molecule has 1 aliphatic rings. The van der Waals surface area contributed by atoms with Gasteiger partial charge in [0, 0.05) is 17.1 Å². The number of hydrogen-bond donors (Lipinski definition) is 2. The summed E-state index contributed by atoms with van der Waals surface area (Å²) in [4.78, 5) is 16.9. The molecule has 1 saturated carbocycles. The van der Waals surface area contributed by atoms with Gasteiger partial charge in [0.2, 0.25) is 0 Å². The van der Waals surface area contributed by atoms with Crippen LogP contribution in [0.2, 0.25) is 5.02 Å². The number of carbonyl (C=O) groups excluding carboxylic acids is 1. The van der Waals surface area contributed by atoms with Gasteiger partial charge in [-0.1, -0.05) is 11.6 Å². The number of fused-ring (bicyclic) bond motifs is 1. The first-order chi connectivity index (χ1) is 14.4. The average molecular weight is 471 g/mol. The van der Waals surface area contributed by atoms with Gasteiger partial charge in [0.1, 0.15) is 5.52 Å². The number of hydrogen-bond acceptors (Lipinski definition) is 5. The highest BCUT2D eigenvalue weighted by Gasteiger charge is 2.24. The molecule has 6 nitrogen and oxygen atoms in total. The van der Waals surface area contributed by atoms with Crippen LogP contribution in [0, 0.1) is 5.92 Å². The van der Waals surface area contributed by atoms with Gasteiger partial charge < -0.3 is 19.9 Å². The first-order valence-corrected chi connectivity index (χ1v) is 9.59. The third kappa shape index (κ3) is 5.26. The number of nitrogens with zero attached hydrogens (tertiary/aromatic N) is 1. The second-order valence-corrected chi connectivity index (χ2v) is 7.31. The Labute approximate surface area is 187 Å². The van der Waals surface area contributed by atoms with Crippen molar-refractivity contribution in [3.63, 3.8) is 0 Å². The lowest BCUT2D eigenvalue weighted by atomic mass is 10.1. The van der Waals surface area contributed by atoms with E-state index in [4.69, 9.17) is 16.3 Å². The molecule has 0 radical (unpaired) electrons. The number of carbonyl (C=O) groups is 1. The van der Waals surface area contributed by atoms with E-state index in [-0.39, 0.29) is 45.8 Å². The van der Waals surface area contributed by atoms with Gasteiger partial charge in [-0.2, -0.15) is 8.78 Å². The van der Waals surface area contributed by atoms with Crippen LogP contribution in [0.4, 0.5) is 14.5 Å². The van der Waals surface area contributed by atoms with Crippen molar-refractivity contribution < 1.29 is 28.2 Å². The Hall–Kier alpha value is -2.84. The first kappa shape index (κ1) is 22.8. The molecule has 0 atom stereocenters. The van der Waals surface area contributed by atoms with Gasteiger partial charge in [-0.05, 0) is 55.2 Å². The highest BCUT2D eigenvalue weighted by Crippen LogP contribution is 2.37. The van der Waals surface area contributed by atoms with E-state index in [2.05, 4.69) is 15.0 Å². The molecule has 0 aliphatic heterocycles. The number of amides is 1. The number of pyridine rings is 1. The van der Waals surface area contributed by atoms with E-state index in [1.54, 1.807) is 12.1 Å². The molecule has 4 rings (SSSR count). The van der Waals surface area contributed by atoms with Crippen LogP contribution in [0.15, 0.2) is 42.6 Å². The van der Waals surface area contributed by atoms with E-state index in [1.165, 1.54) is 30.5 Å². The number of rotatable bonds is 7. The third-order valence-corrected chi connectivity index (χ3v) is 4.95. The zero-order valence-corrected chi connectivity index (χ0v) is 17.6. The maximum absolute atomic E-state index is 12.8. The van der Waals surface area contributed by atoms with E-state index in [9.17, 15) is 18.7 Å². The van der Waals surface area contributed by atoms with Crippen molar-refractivity contribution in [3.05, 3.63) is 53.2 Å². The lowest BCUT2D eigenvalue weighted by Gasteiger charge is -2.14. The number of phenols is 1. The average Bonchev–Trinajstić information content (AvgIpc) is 3.55. The number of halogens is 4.